The lowest BCUT2D eigenvalue weighted by Gasteiger charge is -2.19. The van der Waals surface area contributed by atoms with Gasteiger partial charge in [0.15, 0.2) is 11.6 Å². The molecule has 0 bridgehead atoms. The van der Waals surface area contributed by atoms with Gasteiger partial charge < -0.3 is 19.5 Å². The lowest BCUT2D eigenvalue weighted by Crippen LogP contribution is -2.33. The topological polar surface area (TPSA) is 91.7 Å². The standard InChI is InChI=1S/C28H31F2N3O5/c1-28(2,3)38-27(35)31-11-6-12-33-25(26(34)37-5)18-9-7-17-14-23(36-4)19(15-20(17)24(18)32-33)16-8-10-21(29)22(30)13-16/h8,10,13-15H,6-7,9,11-12H2,1-5H3,(H,31,35). The Labute approximate surface area is 219 Å². The average Bonchev–Trinajstić information content (AvgIpc) is 3.24. The lowest BCUT2D eigenvalue weighted by molar-refractivity contribution is 0.0522. The number of nitrogens with one attached hydrogen (secondary N) is 1. The quantitative estimate of drug-likeness (QED) is 0.331. The molecule has 202 valence electrons. The van der Waals surface area contributed by atoms with Gasteiger partial charge in [-0.2, -0.15) is 5.10 Å². The summed E-state index contributed by atoms with van der Waals surface area (Å²) < 4.78 is 45.1. The van der Waals surface area contributed by atoms with E-state index in [9.17, 15) is 18.4 Å². The first kappa shape index (κ1) is 27.1. The molecule has 0 radical (unpaired) electrons. The van der Waals surface area contributed by atoms with Gasteiger partial charge >= 0.3 is 12.1 Å². The van der Waals surface area contributed by atoms with E-state index in [0.717, 1.165) is 28.8 Å². The molecule has 1 N–H and O–H groups in total. The van der Waals surface area contributed by atoms with Crippen molar-refractivity contribution >= 4 is 12.1 Å². The fourth-order valence-corrected chi connectivity index (χ4v) is 4.54. The smallest absolute Gasteiger partial charge is 0.407 e. The van der Waals surface area contributed by atoms with Crippen LogP contribution in [0.2, 0.25) is 0 Å². The number of fused-ring (bicyclic) bond motifs is 3. The van der Waals surface area contributed by atoms with Crippen LogP contribution in [0.1, 0.15) is 48.8 Å². The van der Waals surface area contributed by atoms with Crippen molar-refractivity contribution in [1.82, 2.24) is 15.1 Å². The van der Waals surface area contributed by atoms with Crippen LogP contribution in [0.4, 0.5) is 13.6 Å². The first-order valence-electron chi connectivity index (χ1n) is 12.3. The molecule has 0 aliphatic heterocycles. The molecule has 0 saturated carbocycles. The molecule has 1 heterocycles. The minimum Gasteiger partial charge on any atom is -0.496 e. The Kier molecular flexibility index (Phi) is 7.71. The number of alkyl carbamates (subject to hydrolysis) is 1. The summed E-state index contributed by atoms with van der Waals surface area (Å²) in [5.74, 6) is -1.87. The van der Waals surface area contributed by atoms with E-state index in [1.54, 1.807) is 25.5 Å². The number of esters is 1. The number of hydrogen-bond acceptors (Lipinski definition) is 6. The Morgan fingerprint density at radius 3 is 2.47 bits per heavy atom. The molecule has 1 aromatic heterocycles. The summed E-state index contributed by atoms with van der Waals surface area (Å²) in [6, 6.07) is 7.39. The SMILES string of the molecule is COC(=O)c1c2c(nn1CCCNC(=O)OC(C)(C)C)-c1cc(-c3ccc(F)c(F)c3)c(OC)cc1CC2. The maximum atomic E-state index is 14.0. The first-order chi connectivity index (χ1) is 18.0. The molecule has 3 aromatic rings. The van der Waals surface area contributed by atoms with Gasteiger partial charge in [-0.1, -0.05) is 6.07 Å². The summed E-state index contributed by atoms with van der Waals surface area (Å²) in [5, 5.41) is 7.46. The zero-order valence-electron chi connectivity index (χ0n) is 22.1. The average molecular weight is 528 g/mol. The highest BCUT2D eigenvalue weighted by Crippen LogP contribution is 2.42. The summed E-state index contributed by atoms with van der Waals surface area (Å²) >= 11 is 0. The van der Waals surface area contributed by atoms with Gasteiger partial charge in [0, 0.05) is 29.8 Å². The molecule has 0 spiro atoms. The number of carbonyl (C=O) groups excluding carboxylic acids is 2. The molecular formula is C28H31F2N3O5. The summed E-state index contributed by atoms with van der Waals surface area (Å²) in [6.07, 6.45) is 1.18. The van der Waals surface area contributed by atoms with Crippen LogP contribution in [0.15, 0.2) is 30.3 Å². The van der Waals surface area contributed by atoms with Crippen molar-refractivity contribution in [3.8, 4) is 28.1 Å². The van der Waals surface area contributed by atoms with E-state index in [0.29, 0.717) is 60.6 Å². The Morgan fingerprint density at radius 2 is 1.82 bits per heavy atom. The Balaban J connectivity index is 1.67. The predicted octanol–water partition coefficient (Wildman–Crippen LogP) is 5.30. The third kappa shape index (κ3) is 5.64. The van der Waals surface area contributed by atoms with Crippen LogP contribution in [0.3, 0.4) is 0 Å². The fourth-order valence-electron chi connectivity index (χ4n) is 4.54. The van der Waals surface area contributed by atoms with Crippen LogP contribution in [0.25, 0.3) is 22.4 Å². The normalized spacial score (nSPS) is 12.4. The number of carbonyl (C=O) groups is 2. The van der Waals surface area contributed by atoms with Crippen LogP contribution in [0.5, 0.6) is 5.75 Å². The molecular weight excluding hydrogens is 496 g/mol. The Morgan fingerprint density at radius 1 is 1.05 bits per heavy atom. The summed E-state index contributed by atoms with van der Waals surface area (Å²) in [5.41, 5.74) is 3.92. The van der Waals surface area contributed by atoms with Crippen molar-refractivity contribution in [2.45, 2.75) is 52.2 Å². The van der Waals surface area contributed by atoms with Crippen molar-refractivity contribution in [1.29, 1.82) is 0 Å². The maximum absolute atomic E-state index is 14.0. The van der Waals surface area contributed by atoms with Crippen molar-refractivity contribution in [2.24, 2.45) is 0 Å². The lowest BCUT2D eigenvalue weighted by atomic mass is 9.86. The highest BCUT2D eigenvalue weighted by Gasteiger charge is 2.30. The number of aryl methyl sites for hydroxylation is 2. The number of amides is 1. The second kappa shape index (κ2) is 10.8. The Hall–Kier alpha value is -3.95. The molecule has 1 aliphatic rings. The number of benzene rings is 2. The van der Waals surface area contributed by atoms with Crippen molar-refractivity contribution in [3.05, 3.63) is 58.8 Å². The van der Waals surface area contributed by atoms with Crippen LogP contribution in [-0.4, -0.2) is 48.2 Å². The van der Waals surface area contributed by atoms with Crippen LogP contribution < -0.4 is 10.1 Å². The van der Waals surface area contributed by atoms with Crippen molar-refractivity contribution in [3.63, 3.8) is 0 Å². The molecule has 1 amide bonds. The number of halogens is 2. The highest BCUT2D eigenvalue weighted by atomic mass is 19.2. The number of rotatable bonds is 7. The Bertz CT molecular complexity index is 1380. The molecule has 1 aliphatic carbocycles. The molecule has 4 rings (SSSR count). The van der Waals surface area contributed by atoms with Gasteiger partial charge in [-0.25, -0.2) is 18.4 Å². The van der Waals surface area contributed by atoms with E-state index < -0.39 is 29.3 Å². The second-order valence-electron chi connectivity index (χ2n) is 10.0. The summed E-state index contributed by atoms with van der Waals surface area (Å²) in [6.45, 7) is 6.04. The number of ether oxygens (including phenoxy) is 3. The van der Waals surface area contributed by atoms with Gasteiger partial charge in [-0.3, -0.25) is 4.68 Å². The van der Waals surface area contributed by atoms with E-state index in [1.165, 1.54) is 20.3 Å². The highest BCUT2D eigenvalue weighted by molar-refractivity contribution is 5.93. The minimum atomic E-state index is -0.958. The van der Waals surface area contributed by atoms with E-state index in [4.69, 9.17) is 19.3 Å². The number of aromatic nitrogens is 2. The number of nitrogens with zero attached hydrogens (tertiary/aromatic N) is 2. The number of hydrogen-bond donors (Lipinski definition) is 1. The third-order valence-corrected chi connectivity index (χ3v) is 6.20. The molecule has 2 aromatic carbocycles. The molecule has 10 heteroatoms. The van der Waals surface area contributed by atoms with Gasteiger partial charge in [0.1, 0.15) is 17.0 Å². The van der Waals surface area contributed by atoms with Crippen molar-refractivity contribution < 1.29 is 32.6 Å². The van der Waals surface area contributed by atoms with E-state index in [-0.39, 0.29) is 0 Å². The molecule has 0 atom stereocenters. The largest absolute Gasteiger partial charge is 0.496 e. The predicted molar refractivity (Wildman–Crippen MR) is 137 cm³/mol. The van der Waals surface area contributed by atoms with E-state index in [2.05, 4.69) is 5.32 Å². The van der Waals surface area contributed by atoms with Crippen molar-refractivity contribution in [2.75, 3.05) is 20.8 Å². The summed E-state index contributed by atoms with van der Waals surface area (Å²) in [4.78, 5) is 24.7. The molecule has 8 nitrogen and oxygen atoms in total. The maximum Gasteiger partial charge on any atom is 0.407 e. The third-order valence-electron chi connectivity index (χ3n) is 6.20. The fraction of sp³-hybridized carbons (Fsp3) is 0.393. The summed E-state index contributed by atoms with van der Waals surface area (Å²) in [7, 11) is 2.84. The van der Waals surface area contributed by atoms with E-state index in [1.807, 2.05) is 12.1 Å². The molecule has 0 saturated heterocycles. The van der Waals surface area contributed by atoms with Gasteiger partial charge in [0.25, 0.3) is 0 Å². The first-order valence-corrected chi connectivity index (χ1v) is 12.3. The molecule has 0 fully saturated rings. The molecule has 38 heavy (non-hydrogen) atoms. The number of methoxy groups -OCH3 is 2. The van der Waals surface area contributed by atoms with Crippen LogP contribution >= 0.6 is 0 Å². The van der Waals surface area contributed by atoms with Gasteiger partial charge in [-0.05, 0) is 75.4 Å². The zero-order valence-corrected chi connectivity index (χ0v) is 22.1. The van der Waals surface area contributed by atoms with Gasteiger partial charge in [-0.15, -0.1) is 0 Å². The minimum absolute atomic E-state index is 0.327. The van der Waals surface area contributed by atoms with E-state index >= 15 is 0 Å². The van der Waals surface area contributed by atoms with Crippen LogP contribution in [0, 0.1) is 11.6 Å². The van der Waals surface area contributed by atoms with Crippen LogP contribution in [-0.2, 0) is 28.9 Å². The molecule has 0 unspecified atom stereocenters. The van der Waals surface area contributed by atoms with Gasteiger partial charge in [0.2, 0.25) is 0 Å². The zero-order chi connectivity index (χ0) is 27.6. The van der Waals surface area contributed by atoms with Gasteiger partial charge in [0.05, 0.1) is 19.9 Å². The second-order valence-corrected chi connectivity index (χ2v) is 10.0. The monoisotopic (exact) mass is 527 g/mol.